The number of hydrogen-bond acceptors (Lipinski definition) is 4. The summed E-state index contributed by atoms with van der Waals surface area (Å²) in [5.74, 6) is -0.332. The van der Waals surface area contributed by atoms with E-state index in [1.165, 1.54) is 4.31 Å². The predicted octanol–water partition coefficient (Wildman–Crippen LogP) is 3.12. The first-order valence-corrected chi connectivity index (χ1v) is 11.2. The van der Waals surface area contributed by atoms with E-state index in [9.17, 15) is 13.2 Å². The number of amides is 1. The van der Waals surface area contributed by atoms with Crippen molar-refractivity contribution >= 4 is 15.9 Å². The van der Waals surface area contributed by atoms with Gasteiger partial charge in [0.2, 0.25) is 15.9 Å². The van der Waals surface area contributed by atoms with Gasteiger partial charge in [0, 0.05) is 19.7 Å². The average Bonchev–Trinajstić information content (AvgIpc) is 2.69. The van der Waals surface area contributed by atoms with E-state index < -0.39 is 10.0 Å². The lowest BCUT2D eigenvalue weighted by molar-refractivity contribution is -0.121. The number of ether oxygens (including phenoxy) is 1. The van der Waals surface area contributed by atoms with E-state index in [1.54, 1.807) is 30.3 Å². The van der Waals surface area contributed by atoms with Crippen molar-refractivity contribution in [2.24, 2.45) is 0 Å². The molecule has 0 atom stereocenters. The van der Waals surface area contributed by atoms with Crippen molar-refractivity contribution in [3.05, 3.63) is 65.7 Å². The van der Waals surface area contributed by atoms with Crippen LogP contribution in [0.1, 0.15) is 31.4 Å². The van der Waals surface area contributed by atoms with Crippen LogP contribution in [0.3, 0.4) is 0 Å². The largest absolute Gasteiger partial charge is 0.379 e. The Morgan fingerprint density at radius 1 is 1.07 bits per heavy atom. The highest BCUT2D eigenvalue weighted by molar-refractivity contribution is 7.89. The van der Waals surface area contributed by atoms with Crippen LogP contribution in [-0.4, -0.2) is 44.4 Å². The standard InChI is InChI=1S/C22H30N2O4S/c1-18(2)28-15-7-14-23-22(25)17-24(16-20-12-10-19(3)11-13-20)29(26,27)21-8-5-4-6-9-21/h4-6,8-13,18H,7,14-17H2,1-3H3,(H,23,25). The van der Waals surface area contributed by atoms with Gasteiger partial charge in [0.25, 0.3) is 0 Å². The first-order valence-electron chi connectivity index (χ1n) is 9.78. The van der Waals surface area contributed by atoms with Gasteiger partial charge in [0.05, 0.1) is 17.5 Å². The third-order valence-electron chi connectivity index (χ3n) is 4.27. The van der Waals surface area contributed by atoms with Crippen LogP contribution in [0.5, 0.6) is 0 Å². The number of carbonyl (C=O) groups excluding carboxylic acids is 1. The Kier molecular flexibility index (Phi) is 8.82. The molecular formula is C22H30N2O4S. The van der Waals surface area contributed by atoms with E-state index in [4.69, 9.17) is 4.74 Å². The fraction of sp³-hybridized carbons (Fsp3) is 0.409. The SMILES string of the molecule is Cc1ccc(CN(CC(=O)NCCCOC(C)C)S(=O)(=O)c2ccccc2)cc1. The molecule has 0 unspecified atom stereocenters. The summed E-state index contributed by atoms with van der Waals surface area (Å²) in [4.78, 5) is 12.6. The molecule has 0 aliphatic carbocycles. The number of carbonyl (C=O) groups is 1. The lowest BCUT2D eigenvalue weighted by Crippen LogP contribution is -2.40. The molecule has 2 rings (SSSR count). The van der Waals surface area contributed by atoms with E-state index in [1.807, 2.05) is 45.0 Å². The van der Waals surface area contributed by atoms with Crippen LogP contribution >= 0.6 is 0 Å². The molecular weight excluding hydrogens is 388 g/mol. The normalized spacial score (nSPS) is 11.8. The molecule has 0 bridgehead atoms. The molecule has 0 saturated carbocycles. The third kappa shape index (κ3) is 7.61. The van der Waals surface area contributed by atoms with E-state index in [-0.39, 0.29) is 30.0 Å². The molecule has 6 nitrogen and oxygen atoms in total. The summed E-state index contributed by atoms with van der Waals surface area (Å²) in [5, 5.41) is 2.78. The number of aryl methyl sites for hydroxylation is 1. The fourth-order valence-corrected chi connectivity index (χ4v) is 4.11. The Labute approximate surface area is 173 Å². The summed E-state index contributed by atoms with van der Waals surface area (Å²) in [7, 11) is -3.80. The summed E-state index contributed by atoms with van der Waals surface area (Å²) in [6.45, 7) is 6.75. The average molecular weight is 419 g/mol. The van der Waals surface area contributed by atoms with Crippen LogP contribution < -0.4 is 5.32 Å². The van der Waals surface area contributed by atoms with Crippen LogP contribution in [0.15, 0.2) is 59.5 Å². The summed E-state index contributed by atoms with van der Waals surface area (Å²) in [5.41, 5.74) is 1.92. The monoisotopic (exact) mass is 418 g/mol. The smallest absolute Gasteiger partial charge is 0.243 e. The molecule has 7 heteroatoms. The molecule has 0 spiro atoms. The molecule has 1 amide bonds. The molecule has 0 heterocycles. The maximum absolute atomic E-state index is 13.1. The molecule has 0 saturated heterocycles. The van der Waals surface area contributed by atoms with Crippen molar-refractivity contribution in [1.29, 1.82) is 0 Å². The minimum Gasteiger partial charge on any atom is -0.379 e. The Morgan fingerprint density at radius 3 is 2.34 bits per heavy atom. The molecule has 158 valence electrons. The zero-order chi connectivity index (χ0) is 21.3. The number of rotatable bonds is 11. The molecule has 2 aromatic carbocycles. The van der Waals surface area contributed by atoms with Crippen molar-refractivity contribution in [2.45, 2.75) is 44.7 Å². The summed E-state index contributed by atoms with van der Waals surface area (Å²) >= 11 is 0. The zero-order valence-electron chi connectivity index (χ0n) is 17.3. The Hall–Kier alpha value is -2.22. The first-order chi connectivity index (χ1) is 13.8. The lowest BCUT2D eigenvalue weighted by Gasteiger charge is -2.22. The predicted molar refractivity (Wildman–Crippen MR) is 114 cm³/mol. The Morgan fingerprint density at radius 2 is 1.72 bits per heavy atom. The van der Waals surface area contributed by atoms with Gasteiger partial charge in [-0.2, -0.15) is 4.31 Å². The Bertz CT molecular complexity index is 865. The lowest BCUT2D eigenvalue weighted by atomic mass is 10.1. The first kappa shape index (κ1) is 23.1. The van der Waals surface area contributed by atoms with Crippen LogP contribution in [0, 0.1) is 6.92 Å². The molecule has 1 N–H and O–H groups in total. The second-order valence-electron chi connectivity index (χ2n) is 7.19. The molecule has 0 fully saturated rings. The highest BCUT2D eigenvalue weighted by Crippen LogP contribution is 2.18. The Balaban J connectivity index is 2.08. The van der Waals surface area contributed by atoms with E-state index in [2.05, 4.69) is 5.32 Å². The molecule has 0 aliphatic rings. The van der Waals surface area contributed by atoms with Gasteiger partial charge in [0.15, 0.2) is 0 Å². The van der Waals surface area contributed by atoms with Crippen LogP contribution in [0.4, 0.5) is 0 Å². The second-order valence-corrected chi connectivity index (χ2v) is 9.13. The van der Waals surface area contributed by atoms with Gasteiger partial charge >= 0.3 is 0 Å². The van der Waals surface area contributed by atoms with Gasteiger partial charge in [-0.3, -0.25) is 4.79 Å². The molecule has 0 radical (unpaired) electrons. The third-order valence-corrected chi connectivity index (χ3v) is 6.08. The maximum Gasteiger partial charge on any atom is 0.243 e. The number of sulfonamides is 1. The highest BCUT2D eigenvalue weighted by Gasteiger charge is 2.26. The summed E-state index contributed by atoms with van der Waals surface area (Å²) in [6, 6.07) is 15.8. The number of nitrogens with one attached hydrogen (secondary N) is 1. The second kappa shape index (κ2) is 11.1. The van der Waals surface area contributed by atoms with Gasteiger partial charge in [0.1, 0.15) is 0 Å². The van der Waals surface area contributed by atoms with Crippen molar-refractivity contribution in [2.75, 3.05) is 19.7 Å². The van der Waals surface area contributed by atoms with Gasteiger partial charge in [-0.1, -0.05) is 48.0 Å². The van der Waals surface area contributed by atoms with E-state index >= 15 is 0 Å². The van der Waals surface area contributed by atoms with E-state index in [0.29, 0.717) is 19.6 Å². The fourth-order valence-electron chi connectivity index (χ4n) is 2.70. The topological polar surface area (TPSA) is 75.7 Å². The van der Waals surface area contributed by atoms with Crippen LogP contribution in [-0.2, 0) is 26.1 Å². The van der Waals surface area contributed by atoms with Gasteiger partial charge in [-0.15, -0.1) is 0 Å². The zero-order valence-corrected chi connectivity index (χ0v) is 18.1. The van der Waals surface area contributed by atoms with Gasteiger partial charge in [-0.25, -0.2) is 8.42 Å². The van der Waals surface area contributed by atoms with Gasteiger partial charge in [-0.05, 0) is 44.9 Å². The van der Waals surface area contributed by atoms with Crippen molar-refractivity contribution in [1.82, 2.24) is 9.62 Å². The summed E-state index contributed by atoms with van der Waals surface area (Å²) < 4.78 is 32.9. The van der Waals surface area contributed by atoms with Crippen molar-refractivity contribution in [3.8, 4) is 0 Å². The van der Waals surface area contributed by atoms with Crippen molar-refractivity contribution in [3.63, 3.8) is 0 Å². The molecule has 0 aliphatic heterocycles. The quantitative estimate of drug-likeness (QED) is 0.569. The highest BCUT2D eigenvalue weighted by atomic mass is 32.2. The minimum absolute atomic E-state index is 0.126. The summed E-state index contributed by atoms with van der Waals surface area (Å²) in [6.07, 6.45) is 0.819. The molecule has 0 aromatic heterocycles. The number of nitrogens with zero attached hydrogens (tertiary/aromatic N) is 1. The number of hydrogen-bond donors (Lipinski definition) is 1. The van der Waals surface area contributed by atoms with Crippen LogP contribution in [0.25, 0.3) is 0 Å². The van der Waals surface area contributed by atoms with E-state index in [0.717, 1.165) is 11.1 Å². The minimum atomic E-state index is -3.80. The van der Waals surface area contributed by atoms with Crippen molar-refractivity contribution < 1.29 is 17.9 Å². The molecule has 29 heavy (non-hydrogen) atoms. The van der Waals surface area contributed by atoms with Crippen LogP contribution in [0.2, 0.25) is 0 Å². The molecule has 2 aromatic rings. The maximum atomic E-state index is 13.1. The number of benzene rings is 2. The van der Waals surface area contributed by atoms with Gasteiger partial charge < -0.3 is 10.1 Å².